The van der Waals surface area contributed by atoms with Crippen LogP contribution in [0.25, 0.3) is 0 Å². The molecule has 0 saturated heterocycles. The molecule has 0 aromatic heterocycles. The molecule has 7 heteroatoms. The molecule has 330 valence electrons. The Bertz CT molecular complexity index is 1410. The first kappa shape index (κ1) is 55.1. The normalized spacial score (nSPS) is 22.0. The Morgan fingerprint density at radius 3 is 1.50 bits per heavy atom. The van der Waals surface area contributed by atoms with Gasteiger partial charge in [0.05, 0.1) is 14.2 Å². The number of halogens is 2. The van der Waals surface area contributed by atoms with Gasteiger partial charge in [0.1, 0.15) is 23.5 Å². The number of hydrogen-bond donors (Lipinski definition) is 0. The van der Waals surface area contributed by atoms with Crippen molar-refractivity contribution in [2.75, 3.05) is 19.1 Å². The molecule has 0 N–H and O–H groups in total. The number of anilines is 1. The molecule has 3 nitrogen and oxygen atoms in total. The van der Waals surface area contributed by atoms with Gasteiger partial charge in [0.15, 0.2) is 0 Å². The minimum Gasteiger partial charge on any atom is -1.00 e. The number of benzene rings is 1. The Hall–Kier alpha value is -0.877. The molecule has 3 fully saturated rings. The number of nitrogens with zero attached hydrogens (tertiary/aromatic N) is 2. The molecule has 1 aromatic rings. The van der Waals surface area contributed by atoms with Crippen LogP contribution in [0, 0.1) is 23.8 Å². The van der Waals surface area contributed by atoms with Crippen molar-refractivity contribution >= 4 is 32.4 Å². The monoisotopic (exact) mass is 943 g/mol. The number of ether oxygens (including phenoxy) is 1. The fourth-order valence-electron chi connectivity index (χ4n) is 10.3. The SMILES string of the molecule is C1CCC(P(C2CCCCC2)C2CCCCC2)CC1.COc1cc(C(C)C)c(N2[C]=[N+](C)[C@H](C(C)(C)C)[C@H]2C(C)(C)C)cc1C(C)(C)C.Cl.[CH+]=C1C=C[CH-]C=C1.[Cl-].[Ru+]. The summed E-state index contributed by atoms with van der Waals surface area (Å²) in [5.74, 6) is 1.38. The number of hydrogen-bond acceptors (Lipinski definition) is 2. The molecule has 4 aliphatic carbocycles. The first-order valence-electron chi connectivity index (χ1n) is 22.4. The van der Waals surface area contributed by atoms with Crippen LogP contribution in [0.1, 0.15) is 190 Å². The molecular formula is C51H84Cl2N2OPRu+. The predicted molar refractivity (Wildman–Crippen MR) is 251 cm³/mol. The number of methoxy groups -OCH3 is 1. The van der Waals surface area contributed by atoms with Gasteiger partial charge in [-0.2, -0.15) is 18.6 Å². The van der Waals surface area contributed by atoms with E-state index < -0.39 is 0 Å². The summed E-state index contributed by atoms with van der Waals surface area (Å²) in [5, 5.41) is 0. The molecule has 1 heterocycles. The van der Waals surface area contributed by atoms with E-state index in [-0.39, 0.29) is 60.5 Å². The fraction of sp³-hybridized carbons (Fsp3) is 0.725. The summed E-state index contributed by atoms with van der Waals surface area (Å²) in [6.07, 6.45) is 36.8. The molecule has 2 atom stereocenters. The van der Waals surface area contributed by atoms with Crippen LogP contribution >= 0.6 is 20.3 Å². The summed E-state index contributed by atoms with van der Waals surface area (Å²) in [5.41, 5.74) is 8.47. The molecule has 0 spiro atoms. The molecule has 3 saturated carbocycles. The number of likely N-dealkylation sites (N-methyl/N-ethyl adjacent to an activating group) is 1. The fourth-order valence-corrected chi connectivity index (χ4v) is 14.9. The van der Waals surface area contributed by atoms with Gasteiger partial charge in [-0.3, -0.25) is 0 Å². The standard InChI is InChI=1S/C26H44N2O.C18H33P.C7H6.2ClH.Ru/c1-17(2)18-14-21(29-13)19(24(3,4)5)15-20(18)28-16-27(12)22(25(6,7)8)23(28)26(9,10)11;1-4-10-16(11-5-1)19(17-12-6-2-7-13-17)18-14-8-3-9-15-18;1-7-5-3-2-4-6-7;;;/h14-15,17,22-23H,1-13H3;16-18H,1-15H2;1-6H;2*1H;/q+1;;;;;+1/p-1/t22-,23-;;;;;/m0...../s1. The second-order valence-corrected chi connectivity index (χ2v) is 24.0. The average molecular weight is 944 g/mol. The number of rotatable bonds is 6. The Morgan fingerprint density at radius 2 is 1.19 bits per heavy atom. The van der Waals surface area contributed by atoms with Crippen molar-refractivity contribution in [3.8, 4) is 5.75 Å². The molecule has 0 amide bonds. The summed E-state index contributed by atoms with van der Waals surface area (Å²) in [7, 11) is 4.34. The van der Waals surface area contributed by atoms with Gasteiger partial charge in [-0.15, -0.1) is 24.6 Å². The van der Waals surface area contributed by atoms with Crippen LogP contribution in [0.5, 0.6) is 5.75 Å². The van der Waals surface area contributed by atoms with Gasteiger partial charge in [-0.05, 0) is 84.5 Å². The van der Waals surface area contributed by atoms with Crippen molar-refractivity contribution in [2.45, 2.75) is 213 Å². The summed E-state index contributed by atoms with van der Waals surface area (Å²) < 4.78 is 8.13. The van der Waals surface area contributed by atoms with Gasteiger partial charge in [0.2, 0.25) is 0 Å². The summed E-state index contributed by atoms with van der Waals surface area (Å²) in [4.78, 5) is 2.43. The van der Waals surface area contributed by atoms with E-state index in [1.807, 2.05) is 30.7 Å². The maximum atomic E-state index is 5.82. The zero-order chi connectivity index (χ0) is 40.6. The van der Waals surface area contributed by atoms with Crippen LogP contribution in [-0.2, 0) is 24.9 Å². The van der Waals surface area contributed by atoms with E-state index >= 15 is 0 Å². The summed E-state index contributed by atoms with van der Waals surface area (Å²) >= 11 is 0. The van der Waals surface area contributed by atoms with Crippen molar-refractivity contribution in [2.24, 2.45) is 10.8 Å². The van der Waals surface area contributed by atoms with Crippen LogP contribution in [0.15, 0.2) is 42.0 Å². The molecule has 2 radical (unpaired) electrons. The molecule has 58 heavy (non-hydrogen) atoms. The zero-order valence-electron chi connectivity index (χ0n) is 39.1. The van der Waals surface area contributed by atoms with E-state index in [9.17, 15) is 0 Å². The minimum atomic E-state index is 0. The summed E-state index contributed by atoms with van der Waals surface area (Å²) in [6.45, 7) is 30.8. The average Bonchev–Trinajstić information content (AvgIpc) is 3.51. The van der Waals surface area contributed by atoms with E-state index in [0.29, 0.717) is 25.9 Å². The first-order chi connectivity index (χ1) is 25.8. The van der Waals surface area contributed by atoms with Crippen molar-refractivity contribution in [1.29, 1.82) is 0 Å². The molecule has 1 aromatic carbocycles. The van der Waals surface area contributed by atoms with Gasteiger partial charge < -0.3 is 17.1 Å². The topological polar surface area (TPSA) is 15.5 Å². The third kappa shape index (κ3) is 15.2. The van der Waals surface area contributed by atoms with E-state index in [4.69, 9.17) is 11.3 Å². The third-order valence-electron chi connectivity index (χ3n) is 12.9. The van der Waals surface area contributed by atoms with Crippen molar-refractivity contribution in [3.63, 3.8) is 0 Å². The molecule has 1 aliphatic heterocycles. The van der Waals surface area contributed by atoms with E-state index in [2.05, 4.69) is 111 Å². The third-order valence-corrected chi connectivity index (χ3v) is 16.9. The number of allylic oxidation sites excluding steroid dienone is 5. The maximum Gasteiger partial charge on any atom is 1.00 e. The predicted octanol–water partition coefficient (Wildman–Crippen LogP) is 11.9. The van der Waals surface area contributed by atoms with Gasteiger partial charge in [0, 0.05) is 22.0 Å². The Kier molecular flexibility index (Phi) is 23.5. The Morgan fingerprint density at radius 1 is 0.759 bits per heavy atom. The van der Waals surface area contributed by atoms with Gasteiger partial charge in [0.25, 0.3) is 0 Å². The molecule has 0 unspecified atom stereocenters. The van der Waals surface area contributed by atoms with Crippen LogP contribution < -0.4 is 22.0 Å². The van der Waals surface area contributed by atoms with E-state index in [1.54, 1.807) is 84.2 Å². The van der Waals surface area contributed by atoms with Crippen molar-refractivity contribution < 1.29 is 41.2 Å². The summed E-state index contributed by atoms with van der Waals surface area (Å²) in [6, 6.07) is 5.32. The molecule has 5 aliphatic rings. The smallest absolute Gasteiger partial charge is 1.00 e. The van der Waals surface area contributed by atoms with Crippen LogP contribution in [0.2, 0.25) is 0 Å². The Balaban J connectivity index is 0.000000496. The molecule has 0 bridgehead atoms. The van der Waals surface area contributed by atoms with Gasteiger partial charge >= 0.3 is 25.8 Å². The van der Waals surface area contributed by atoms with Crippen molar-refractivity contribution in [3.05, 3.63) is 66.1 Å². The van der Waals surface area contributed by atoms with Gasteiger partial charge in [-0.1, -0.05) is 148 Å². The van der Waals surface area contributed by atoms with Crippen LogP contribution in [-0.4, -0.2) is 54.1 Å². The first-order valence-corrected chi connectivity index (χ1v) is 24.0. The second kappa shape index (κ2) is 24.7. The Labute approximate surface area is 385 Å². The largest absolute Gasteiger partial charge is 1.00 e. The van der Waals surface area contributed by atoms with Gasteiger partial charge in [-0.25, -0.2) is 9.48 Å². The van der Waals surface area contributed by atoms with Crippen molar-refractivity contribution in [1.82, 2.24) is 0 Å². The molecular weight excluding hydrogens is 860 g/mol. The van der Waals surface area contributed by atoms with Crippen LogP contribution in [0.4, 0.5) is 5.69 Å². The maximum absolute atomic E-state index is 5.82. The zero-order valence-corrected chi connectivity index (χ0v) is 43.3. The minimum absolute atomic E-state index is 0. The van der Waals surface area contributed by atoms with E-state index in [1.165, 1.54) is 53.1 Å². The van der Waals surface area contributed by atoms with Crippen LogP contribution in [0.3, 0.4) is 0 Å². The quantitative estimate of drug-likeness (QED) is 0.122. The molecule has 6 rings (SSSR count). The second-order valence-electron chi connectivity index (χ2n) is 21.0. The van der Waals surface area contributed by atoms with E-state index in [0.717, 1.165) is 11.3 Å².